The zero-order valence-corrected chi connectivity index (χ0v) is 14.6. The van der Waals surface area contributed by atoms with Crippen molar-refractivity contribution in [3.63, 3.8) is 0 Å². The Morgan fingerprint density at radius 3 is 2.60 bits per heavy atom. The first kappa shape index (κ1) is 15.6. The summed E-state index contributed by atoms with van der Waals surface area (Å²) in [6, 6.07) is 10.1. The van der Waals surface area contributed by atoms with Crippen molar-refractivity contribution in [1.82, 2.24) is 9.97 Å². The van der Waals surface area contributed by atoms with Crippen molar-refractivity contribution in [1.29, 1.82) is 0 Å². The average Bonchev–Trinajstić information content (AvgIpc) is 2.48. The summed E-state index contributed by atoms with van der Waals surface area (Å²) in [7, 11) is 0. The summed E-state index contributed by atoms with van der Waals surface area (Å²) in [6.07, 6.45) is 1.15. The van der Waals surface area contributed by atoms with Crippen LogP contribution in [0.3, 0.4) is 0 Å². The molecule has 2 aromatic rings. The van der Waals surface area contributed by atoms with Gasteiger partial charge >= 0.3 is 0 Å². The molecule has 1 unspecified atom stereocenters. The first-order valence-electron chi connectivity index (χ1n) is 6.60. The van der Waals surface area contributed by atoms with E-state index in [4.69, 9.17) is 10.7 Å². The van der Waals surface area contributed by atoms with Gasteiger partial charge in [-0.25, -0.2) is 9.97 Å². The Kier molecular flexibility index (Phi) is 5.65. The molecule has 1 heterocycles. The van der Waals surface area contributed by atoms with E-state index in [-0.39, 0.29) is 0 Å². The van der Waals surface area contributed by atoms with Gasteiger partial charge in [-0.05, 0) is 29.0 Å². The number of aromatic nitrogens is 2. The smallest absolute Gasteiger partial charge is 0.141 e. The Bertz CT molecular complexity index is 575. The fraction of sp³-hybridized carbons (Fsp3) is 0.333. The van der Waals surface area contributed by atoms with Gasteiger partial charge in [-0.2, -0.15) is 11.8 Å². The van der Waals surface area contributed by atoms with Crippen molar-refractivity contribution >= 4 is 40.2 Å². The highest BCUT2D eigenvalue weighted by atomic mass is 127. The summed E-state index contributed by atoms with van der Waals surface area (Å²) in [6.45, 7) is 4.41. The molecule has 106 valence electrons. The number of anilines is 1. The van der Waals surface area contributed by atoms with Gasteiger partial charge in [0.15, 0.2) is 0 Å². The lowest BCUT2D eigenvalue weighted by Crippen LogP contribution is -2.05. The molecule has 0 saturated heterocycles. The molecule has 1 atom stereocenters. The van der Waals surface area contributed by atoms with Crippen LogP contribution < -0.4 is 5.73 Å². The van der Waals surface area contributed by atoms with Crippen LogP contribution in [0.2, 0.25) is 0 Å². The predicted molar refractivity (Wildman–Crippen MR) is 95.6 cm³/mol. The molecule has 0 radical (unpaired) electrons. The molecule has 0 aliphatic carbocycles. The van der Waals surface area contributed by atoms with Crippen LogP contribution in [-0.2, 0) is 5.75 Å². The Morgan fingerprint density at radius 1 is 1.25 bits per heavy atom. The molecular weight excluding hydrogens is 381 g/mol. The summed E-state index contributed by atoms with van der Waals surface area (Å²) in [5, 5.41) is 0.610. The molecule has 0 saturated carbocycles. The molecule has 0 aliphatic rings. The van der Waals surface area contributed by atoms with E-state index in [0.29, 0.717) is 11.1 Å². The van der Waals surface area contributed by atoms with Crippen LogP contribution in [0.1, 0.15) is 26.1 Å². The normalized spacial score (nSPS) is 12.3. The van der Waals surface area contributed by atoms with E-state index in [0.717, 1.165) is 32.8 Å². The number of rotatable bonds is 5. The fourth-order valence-electron chi connectivity index (χ4n) is 1.70. The topological polar surface area (TPSA) is 51.8 Å². The lowest BCUT2D eigenvalue weighted by molar-refractivity contribution is 0.901. The van der Waals surface area contributed by atoms with Gasteiger partial charge in [-0.15, -0.1) is 0 Å². The second-order valence-electron chi connectivity index (χ2n) is 4.58. The minimum Gasteiger partial charge on any atom is -0.383 e. The van der Waals surface area contributed by atoms with Crippen molar-refractivity contribution < 1.29 is 0 Å². The number of hydrogen-bond donors (Lipinski definition) is 1. The maximum absolute atomic E-state index is 6.03. The molecule has 2 rings (SSSR count). The number of thioether (sulfide) groups is 1. The molecule has 0 spiro atoms. The third-order valence-corrected chi connectivity index (χ3v) is 5.43. The fourth-order valence-corrected chi connectivity index (χ4v) is 3.05. The Labute approximate surface area is 137 Å². The molecular formula is C15H18IN3S. The van der Waals surface area contributed by atoms with E-state index in [1.807, 2.05) is 30.0 Å². The van der Waals surface area contributed by atoms with Crippen LogP contribution in [0.4, 0.5) is 5.82 Å². The maximum atomic E-state index is 6.03. The molecule has 3 nitrogen and oxygen atoms in total. The molecule has 0 amide bonds. The second kappa shape index (κ2) is 7.26. The van der Waals surface area contributed by atoms with Crippen molar-refractivity contribution in [3.05, 3.63) is 39.7 Å². The maximum Gasteiger partial charge on any atom is 0.141 e. The Balaban J connectivity index is 2.31. The molecule has 0 fully saturated rings. The molecule has 5 heteroatoms. The first-order chi connectivity index (χ1) is 9.61. The summed E-state index contributed by atoms with van der Waals surface area (Å²) in [5.74, 6) is 2.18. The number of nitrogen functional groups attached to an aromatic ring is 1. The summed E-state index contributed by atoms with van der Waals surface area (Å²) in [5.41, 5.74) is 8.04. The standard InChI is InChI=1S/C15H18IN3S/c1-3-10(2)20-9-12-18-14(13(16)15(17)19-12)11-7-5-4-6-8-11/h4-8,10H,3,9H2,1-2H3,(H2,17,18,19). The van der Waals surface area contributed by atoms with Crippen molar-refractivity contribution in [2.75, 3.05) is 5.73 Å². The molecule has 0 bridgehead atoms. The van der Waals surface area contributed by atoms with Gasteiger partial charge in [0, 0.05) is 10.8 Å². The lowest BCUT2D eigenvalue weighted by Gasteiger charge is -2.11. The van der Waals surface area contributed by atoms with Crippen molar-refractivity contribution in [2.45, 2.75) is 31.3 Å². The van der Waals surface area contributed by atoms with Crippen molar-refractivity contribution in [2.24, 2.45) is 0 Å². The number of halogens is 1. The van der Waals surface area contributed by atoms with Gasteiger partial charge in [0.05, 0.1) is 15.0 Å². The van der Waals surface area contributed by atoms with Crippen LogP contribution in [0.15, 0.2) is 30.3 Å². The lowest BCUT2D eigenvalue weighted by atomic mass is 10.1. The monoisotopic (exact) mass is 399 g/mol. The number of benzene rings is 1. The quantitative estimate of drug-likeness (QED) is 0.759. The van der Waals surface area contributed by atoms with Crippen LogP contribution in [0, 0.1) is 3.57 Å². The van der Waals surface area contributed by atoms with Gasteiger partial charge in [0.2, 0.25) is 0 Å². The first-order valence-corrected chi connectivity index (χ1v) is 8.73. The zero-order chi connectivity index (χ0) is 14.5. The van der Waals surface area contributed by atoms with Gasteiger partial charge < -0.3 is 5.73 Å². The van der Waals surface area contributed by atoms with Crippen LogP contribution in [-0.4, -0.2) is 15.2 Å². The minimum atomic E-state index is 0.569. The number of hydrogen-bond acceptors (Lipinski definition) is 4. The van der Waals surface area contributed by atoms with Gasteiger partial charge in [0.1, 0.15) is 11.6 Å². The molecule has 1 aromatic heterocycles. The molecule has 2 N–H and O–H groups in total. The van der Waals surface area contributed by atoms with Gasteiger partial charge in [-0.3, -0.25) is 0 Å². The SMILES string of the molecule is CCC(C)SCc1nc(N)c(I)c(-c2ccccc2)n1. The minimum absolute atomic E-state index is 0.569. The van der Waals surface area contributed by atoms with Crippen LogP contribution in [0.5, 0.6) is 0 Å². The number of nitrogens with two attached hydrogens (primary N) is 1. The average molecular weight is 399 g/mol. The molecule has 0 aliphatic heterocycles. The summed E-state index contributed by atoms with van der Waals surface area (Å²) >= 11 is 4.08. The number of nitrogens with zero attached hydrogens (tertiary/aromatic N) is 2. The third-order valence-electron chi connectivity index (χ3n) is 3.04. The third kappa shape index (κ3) is 3.85. The Hall–Kier alpha value is -0.820. The molecule has 20 heavy (non-hydrogen) atoms. The summed E-state index contributed by atoms with van der Waals surface area (Å²) in [4.78, 5) is 9.09. The van der Waals surface area contributed by atoms with E-state index >= 15 is 0 Å². The second-order valence-corrected chi connectivity index (χ2v) is 7.09. The largest absolute Gasteiger partial charge is 0.383 e. The van der Waals surface area contributed by atoms with Gasteiger partial charge in [0.25, 0.3) is 0 Å². The van der Waals surface area contributed by atoms with E-state index in [2.05, 4.69) is 53.6 Å². The van der Waals surface area contributed by atoms with Crippen molar-refractivity contribution in [3.8, 4) is 11.3 Å². The van der Waals surface area contributed by atoms with Crippen LogP contribution >= 0.6 is 34.4 Å². The van der Waals surface area contributed by atoms with E-state index in [9.17, 15) is 0 Å². The van der Waals surface area contributed by atoms with Gasteiger partial charge in [-0.1, -0.05) is 44.2 Å². The highest BCUT2D eigenvalue weighted by Gasteiger charge is 2.12. The summed E-state index contributed by atoms with van der Waals surface area (Å²) < 4.78 is 0.922. The molecule has 1 aromatic carbocycles. The highest BCUT2D eigenvalue weighted by molar-refractivity contribution is 14.1. The highest BCUT2D eigenvalue weighted by Crippen LogP contribution is 2.28. The van der Waals surface area contributed by atoms with Crippen LogP contribution in [0.25, 0.3) is 11.3 Å². The van der Waals surface area contributed by atoms with E-state index < -0.39 is 0 Å². The zero-order valence-electron chi connectivity index (χ0n) is 11.6. The predicted octanol–water partition coefficient (Wildman–Crippen LogP) is 4.36. The Morgan fingerprint density at radius 2 is 1.95 bits per heavy atom. The van der Waals surface area contributed by atoms with E-state index in [1.54, 1.807) is 0 Å². The van der Waals surface area contributed by atoms with E-state index in [1.165, 1.54) is 0 Å².